The van der Waals surface area contributed by atoms with Gasteiger partial charge in [-0.15, -0.1) is 0 Å². The molecule has 0 aliphatic rings. The summed E-state index contributed by atoms with van der Waals surface area (Å²) in [6.45, 7) is 0. The average molecular weight is 366 g/mol. The van der Waals surface area contributed by atoms with Gasteiger partial charge in [0.2, 0.25) is 5.95 Å². The molecular weight excluding hydrogens is 355 g/mol. The second-order valence-corrected chi connectivity index (χ2v) is 5.85. The fourth-order valence-corrected chi connectivity index (χ4v) is 2.36. The molecule has 7 heteroatoms. The number of nitrogens with one attached hydrogen (secondary N) is 2. The Hall–Kier alpha value is -2.01. The summed E-state index contributed by atoms with van der Waals surface area (Å²) in [6.07, 6.45) is 1.64. The van der Waals surface area contributed by atoms with Gasteiger partial charge in [0, 0.05) is 16.9 Å². The maximum atomic E-state index is 6.15. The summed E-state index contributed by atoms with van der Waals surface area (Å²) in [6, 6.07) is 14.4. The maximum absolute atomic E-state index is 6.15. The Kier molecular flexibility index (Phi) is 4.86. The van der Waals surface area contributed by atoms with Crippen molar-refractivity contribution >= 4 is 57.9 Å². The molecule has 23 heavy (non-hydrogen) atoms. The number of halogens is 3. The van der Waals surface area contributed by atoms with Gasteiger partial charge < -0.3 is 10.6 Å². The van der Waals surface area contributed by atoms with Crippen molar-refractivity contribution < 1.29 is 0 Å². The molecule has 0 bridgehead atoms. The zero-order valence-electron chi connectivity index (χ0n) is 11.7. The highest BCUT2D eigenvalue weighted by Gasteiger charge is 2.06. The molecule has 1 heterocycles. The quantitative estimate of drug-likeness (QED) is 0.602. The summed E-state index contributed by atoms with van der Waals surface area (Å²) >= 11 is 18.0. The summed E-state index contributed by atoms with van der Waals surface area (Å²) in [5, 5.41) is 7.79. The van der Waals surface area contributed by atoms with E-state index in [0.717, 1.165) is 5.69 Å². The number of aromatic nitrogens is 2. The average Bonchev–Trinajstić information content (AvgIpc) is 2.54. The normalized spacial score (nSPS) is 10.4. The van der Waals surface area contributed by atoms with Crippen LogP contribution in [0.2, 0.25) is 15.1 Å². The van der Waals surface area contributed by atoms with Gasteiger partial charge in [-0.3, -0.25) is 0 Å². The summed E-state index contributed by atoms with van der Waals surface area (Å²) in [7, 11) is 0. The molecule has 3 aromatic rings. The van der Waals surface area contributed by atoms with Crippen molar-refractivity contribution in [1.82, 2.24) is 9.97 Å². The Morgan fingerprint density at radius 2 is 1.61 bits per heavy atom. The van der Waals surface area contributed by atoms with Gasteiger partial charge in [0.15, 0.2) is 0 Å². The molecule has 0 radical (unpaired) electrons. The minimum atomic E-state index is 0.410. The minimum Gasteiger partial charge on any atom is -0.340 e. The van der Waals surface area contributed by atoms with Crippen molar-refractivity contribution in [3.63, 3.8) is 0 Å². The molecule has 2 N–H and O–H groups in total. The van der Waals surface area contributed by atoms with Crippen LogP contribution in [0.1, 0.15) is 0 Å². The molecule has 0 saturated heterocycles. The van der Waals surface area contributed by atoms with Gasteiger partial charge in [0.25, 0.3) is 0 Å². The van der Waals surface area contributed by atoms with Crippen LogP contribution in [-0.4, -0.2) is 9.97 Å². The number of benzene rings is 2. The molecular formula is C16H11Cl3N4. The molecule has 0 saturated carbocycles. The van der Waals surface area contributed by atoms with Gasteiger partial charge in [-0.05, 0) is 42.5 Å². The monoisotopic (exact) mass is 364 g/mol. The molecule has 0 unspecified atom stereocenters. The van der Waals surface area contributed by atoms with Gasteiger partial charge >= 0.3 is 0 Å². The highest BCUT2D eigenvalue weighted by atomic mass is 35.5. The number of anilines is 4. The molecule has 0 spiro atoms. The summed E-state index contributed by atoms with van der Waals surface area (Å²) < 4.78 is 0. The Bertz CT molecular complexity index is 822. The Morgan fingerprint density at radius 3 is 2.39 bits per heavy atom. The lowest BCUT2D eigenvalue weighted by atomic mass is 10.3. The first-order valence-electron chi connectivity index (χ1n) is 6.68. The molecule has 3 rings (SSSR count). The lowest BCUT2D eigenvalue weighted by molar-refractivity contribution is 1.17. The predicted octanol–water partition coefficient (Wildman–Crippen LogP) is 5.92. The van der Waals surface area contributed by atoms with Crippen LogP contribution >= 0.6 is 34.8 Å². The Balaban J connectivity index is 1.79. The van der Waals surface area contributed by atoms with E-state index in [1.54, 1.807) is 42.6 Å². The third-order valence-electron chi connectivity index (χ3n) is 2.97. The van der Waals surface area contributed by atoms with Crippen LogP contribution in [0.25, 0.3) is 0 Å². The van der Waals surface area contributed by atoms with Crippen molar-refractivity contribution in [3.8, 4) is 0 Å². The van der Waals surface area contributed by atoms with Gasteiger partial charge in [-0.25, -0.2) is 4.98 Å². The van der Waals surface area contributed by atoms with E-state index >= 15 is 0 Å². The first-order valence-corrected chi connectivity index (χ1v) is 7.82. The molecule has 1 aromatic heterocycles. The Labute approximate surface area is 148 Å². The highest BCUT2D eigenvalue weighted by molar-refractivity contribution is 6.43. The first-order chi connectivity index (χ1) is 11.1. The number of hydrogen-bond donors (Lipinski definition) is 2. The van der Waals surface area contributed by atoms with E-state index in [9.17, 15) is 0 Å². The van der Waals surface area contributed by atoms with E-state index < -0.39 is 0 Å². The molecule has 116 valence electrons. The lowest BCUT2D eigenvalue weighted by Crippen LogP contribution is -2.00. The van der Waals surface area contributed by atoms with Crippen LogP contribution in [0.3, 0.4) is 0 Å². The van der Waals surface area contributed by atoms with Gasteiger partial charge in [-0.2, -0.15) is 4.98 Å². The van der Waals surface area contributed by atoms with Crippen molar-refractivity contribution in [2.45, 2.75) is 0 Å². The van der Waals surface area contributed by atoms with Crippen LogP contribution in [-0.2, 0) is 0 Å². The van der Waals surface area contributed by atoms with E-state index in [1.807, 2.05) is 12.1 Å². The zero-order chi connectivity index (χ0) is 16.2. The second-order valence-electron chi connectivity index (χ2n) is 4.62. The number of rotatable bonds is 4. The summed E-state index contributed by atoms with van der Waals surface area (Å²) in [5.74, 6) is 1.05. The van der Waals surface area contributed by atoms with Crippen LogP contribution in [0.15, 0.2) is 54.7 Å². The number of nitrogens with zero attached hydrogens (tertiary/aromatic N) is 2. The molecule has 4 nitrogen and oxygen atoms in total. The van der Waals surface area contributed by atoms with Gasteiger partial charge in [0.05, 0.1) is 15.7 Å². The van der Waals surface area contributed by atoms with Crippen LogP contribution < -0.4 is 10.6 Å². The van der Waals surface area contributed by atoms with E-state index in [-0.39, 0.29) is 0 Å². The predicted molar refractivity (Wildman–Crippen MR) is 96.5 cm³/mol. The van der Waals surface area contributed by atoms with Crippen LogP contribution in [0.5, 0.6) is 0 Å². The zero-order valence-corrected chi connectivity index (χ0v) is 14.0. The molecule has 0 aliphatic heterocycles. The van der Waals surface area contributed by atoms with Gasteiger partial charge in [0.1, 0.15) is 5.82 Å². The molecule has 2 aromatic carbocycles. The van der Waals surface area contributed by atoms with Crippen LogP contribution in [0.4, 0.5) is 23.1 Å². The first kappa shape index (κ1) is 15.9. The van der Waals surface area contributed by atoms with Crippen molar-refractivity contribution in [1.29, 1.82) is 0 Å². The molecule has 0 amide bonds. The SMILES string of the molecule is Clc1ccc(Nc2ccnc(Nc3cccc(Cl)c3Cl)n2)cc1. The van der Waals surface area contributed by atoms with Crippen molar-refractivity contribution in [2.75, 3.05) is 10.6 Å². The summed E-state index contributed by atoms with van der Waals surface area (Å²) in [4.78, 5) is 8.56. The molecule has 0 aliphatic carbocycles. The largest absolute Gasteiger partial charge is 0.340 e. The fourth-order valence-electron chi connectivity index (χ4n) is 1.89. The highest BCUT2D eigenvalue weighted by Crippen LogP contribution is 2.31. The summed E-state index contributed by atoms with van der Waals surface area (Å²) in [5.41, 5.74) is 1.52. The molecule has 0 fully saturated rings. The van der Waals surface area contributed by atoms with E-state index in [2.05, 4.69) is 20.6 Å². The van der Waals surface area contributed by atoms with Crippen molar-refractivity contribution in [2.24, 2.45) is 0 Å². The second kappa shape index (κ2) is 7.04. The third-order valence-corrected chi connectivity index (χ3v) is 4.04. The number of hydrogen-bond acceptors (Lipinski definition) is 4. The van der Waals surface area contributed by atoms with E-state index in [0.29, 0.717) is 32.5 Å². The standard InChI is InChI=1S/C16H11Cl3N4/c17-10-4-6-11(7-5-10)21-14-8-9-20-16(23-14)22-13-3-1-2-12(18)15(13)19/h1-9H,(H2,20,21,22,23). The van der Waals surface area contributed by atoms with Crippen LogP contribution in [0, 0.1) is 0 Å². The fraction of sp³-hybridized carbons (Fsp3) is 0. The lowest BCUT2D eigenvalue weighted by Gasteiger charge is -2.10. The van der Waals surface area contributed by atoms with Crippen molar-refractivity contribution in [3.05, 3.63) is 69.8 Å². The van der Waals surface area contributed by atoms with E-state index in [4.69, 9.17) is 34.8 Å². The maximum Gasteiger partial charge on any atom is 0.229 e. The Morgan fingerprint density at radius 1 is 0.826 bits per heavy atom. The third kappa shape index (κ3) is 4.05. The smallest absolute Gasteiger partial charge is 0.229 e. The topological polar surface area (TPSA) is 49.8 Å². The minimum absolute atomic E-state index is 0.410. The molecule has 0 atom stereocenters. The van der Waals surface area contributed by atoms with Gasteiger partial charge in [-0.1, -0.05) is 40.9 Å². The van der Waals surface area contributed by atoms with E-state index in [1.165, 1.54) is 0 Å².